The van der Waals surface area contributed by atoms with Crippen molar-refractivity contribution in [1.82, 2.24) is 14.5 Å². The maximum absolute atomic E-state index is 14.0. The number of carbonyl (C=O) groups excluding carboxylic acids is 1. The summed E-state index contributed by atoms with van der Waals surface area (Å²) in [6, 6.07) is 48.3. The van der Waals surface area contributed by atoms with Crippen molar-refractivity contribution in [2.45, 2.75) is 18.2 Å². The standard InChI is InChI=1S/C19H13F4NO.C19H15FN2O2.C17H15N3O2S.C15H12N2O/c1-13-6-7-14(17-4-2-3-5-18(17)20)12-24(13)15-8-10-16(11-9-15)25-19(21,22)23;1-13(23)21-15-5-4-6-16(11-15)22-12-14(9-10-19(22)24)17-7-2-3-8-18(17)20;1-13-4-5-15(14-3-2-10-19-11-14)12-20(13)16-6-8-17(9-7-16)23(18,21)22;1-12-7-8-13(15-16-9-10-18-15)11-17(12)14-5-3-2-4-6-14/h2-12H,1H2;2-12H,1H3,(H,21,23);2-12H,1H2,(H2,18,21,22);2-11H,1H2. The SMILES string of the molecule is C=C1C=CC(c2ccccc2F)=CN1c1ccc(OC(F)(F)F)cc1.C=C1C=CC(c2cccnc2)=CN1c1ccc(S(N)(=O)=O)cc1.C=C1C=CC(c2ncco2)=CN1c1ccccc1.CC(=O)Nc1cccc(-n2cc(-c3ccccc3F)ccc2=O)c1. The number of amides is 1. The Morgan fingerprint density at radius 3 is 1.70 bits per heavy atom. The normalized spacial score (nSPS) is 13.5. The Bertz CT molecular complexity index is 4470. The molecular weight excluding hydrogens is 1180 g/mol. The maximum Gasteiger partial charge on any atom is 0.573 e. The average molecular weight is 1230 g/mol. The van der Waals surface area contributed by atoms with Crippen molar-refractivity contribution >= 4 is 55.4 Å². The number of halogens is 5. The summed E-state index contributed by atoms with van der Waals surface area (Å²) in [5.74, 6) is -0.610. The van der Waals surface area contributed by atoms with Gasteiger partial charge in [-0.25, -0.2) is 27.3 Å². The number of pyridine rings is 2. The Morgan fingerprint density at radius 2 is 1.13 bits per heavy atom. The molecule has 6 aromatic carbocycles. The minimum absolute atomic E-state index is 0.0795. The summed E-state index contributed by atoms with van der Waals surface area (Å²) in [4.78, 5) is 37.3. The van der Waals surface area contributed by atoms with Gasteiger partial charge < -0.3 is 29.2 Å². The Kier molecular flexibility index (Phi) is 19.9. The lowest BCUT2D eigenvalue weighted by Gasteiger charge is -2.25. The third kappa shape index (κ3) is 16.5. The molecule has 0 aliphatic carbocycles. The lowest BCUT2D eigenvalue weighted by molar-refractivity contribution is -0.274. The highest BCUT2D eigenvalue weighted by Crippen LogP contribution is 2.34. The van der Waals surface area contributed by atoms with Crippen LogP contribution < -0.4 is 35.5 Å². The van der Waals surface area contributed by atoms with Crippen LogP contribution in [0.1, 0.15) is 23.9 Å². The van der Waals surface area contributed by atoms with Gasteiger partial charge in [0.05, 0.1) is 22.4 Å². The number of alkyl halides is 3. The number of nitrogens with two attached hydrogens (primary N) is 1. The average Bonchev–Trinajstić information content (AvgIpc) is 2.55. The fraction of sp³-hybridized carbons (Fsp3) is 0.0286. The molecule has 9 aromatic rings. The quantitative estimate of drug-likeness (QED) is 0.118. The predicted octanol–water partition coefficient (Wildman–Crippen LogP) is 15.5. The van der Waals surface area contributed by atoms with Crippen LogP contribution in [-0.2, 0) is 14.8 Å². The molecule has 0 fully saturated rings. The Labute approximate surface area is 515 Å². The number of rotatable bonds is 11. The summed E-state index contributed by atoms with van der Waals surface area (Å²) in [5, 5.41) is 7.80. The molecule has 20 heteroatoms. The van der Waals surface area contributed by atoms with E-state index < -0.39 is 16.4 Å². The van der Waals surface area contributed by atoms with Crippen molar-refractivity contribution in [3.05, 3.63) is 338 Å². The highest BCUT2D eigenvalue weighted by molar-refractivity contribution is 7.89. The van der Waals surface area contributed by atoms with Crippen LogP contribution in [-0.4, -0.2) is 35.2 Å². The molecule has 12 rings (SSSR count). The van der Waals surface area contributed by atoms with Crippen LogP contribution in [0.3, 0.4) is 0 Å². The van der Waals surface area contributed by atoms with Gasteiger partial charge in [-0.2, -0.15) is 0 Å². The zero-order valence-electron chi connectivity index (χ0n) is 48.0. The molecule has 6 heterocycles. The number of anilines is 4. The molecular formula is C70H55F5N8O6S. The number of sulfonamides is 1. The lowest BCUT2D eigenvalue weighted by Crippen LogP contribution is -2.18. The lowest BCUT2D eigenvalue weighted by atomic mass is 10.0. The molecule has 452 valence electrons. The second-order valence-corrected chi connectivity index (χ2v) is 21.2. The first-order valence-corrected chi connectivity index (χ1v) is 28.8. The third-order valence-corrected chi connectivity index (χ3v) is 14.3. The first-order chi connectivity index (χ1) is 43.2. The Morgan fingerprint density at radius 1 is 0.589 bits per heavy atom. The maximum atomic E-state index is 14.0. The summed E-state index contributed by atoms with van der Waals surface area (Å²) in [6.07, 6.45) is 20.4. The number of carbonyl (C=O) groups is 1. The number of oxazole rings is 1. The number of benzene rings is 6. The van der Waals surface area contributed by atoms with Gasteiger partial charge in [0.15, 0.2) is 0 Å². The van der Waals surface area contributed by atoms with Gasteiger partial charge in [0, 0.05) is 118 Å². The van der Waals surface area contributed by atoms with E-state index in [0.717, 1.165) is 39.5 Å². The smallest absolute Gasteiger partial charge is 0.444 e. The molecule has 0 saturated carbocycles. The van der Waals surface area contributed by atoms with Crippen molar-refractivity contribution in [2.24, 2.45) is 5.14 Å². The van der Waals surface area contributed by atoms with Crippen LogP contribution in [0, 0.1) is 11.6 Å². The molecule has 0 saturated heterocycles. The second kappa shape index (κ2) is 28.4. The molecule has 0 radical (unpaired) electrons. The van der Waals surface area contributed by atoms with Crippen LogP contribution in [0.25, 0.3) is 33.5 Å². The number of hydrogen-bond donors (Lipinski definition) is 2. The molecule has 3 aromatic heterocycles. The Balaban J connectivity index is 0.000000143. The summed E-state index contributed by atoms with van der Waals surface area (Å²) in [6.45, 7) is 13.3. The van der Waals surface area contributed by atoms with Gasteiger partial charge in [0.25, 0.3) is 5.56 Å². The fourth-order valence-electron chi connectivity index (χ4n) is 9.04. The van der Waals surface area contributed by atoms with Crippen molar-refractivity contribution in [1.29, 1.82) is 0 Å². The topological polar surface area (TPSA) is 169 Å². The summed E-state index contributed by atoms with van der Waals surface area (Å²) >= 11 is 0. The molecule has 3 N–H and O–H groups in total. The highest BCUT2D eigenvalue weighted by atomic mass is 32.2. The van der Waals surface area contributed by atoms with E-state index in [0.29, 0.717) is 50.9 Å². The van der Waals surface area contributed by atoms with E-state index in [1.54, 1.807) is 133 Å². The number of ether oxygens (including phenoxy) is 1. The van der Waals surface area contributed by atoms with Crippen molar-refractivity contribution in [2.75, 3.05) is 20.0 Å². The van der Waals surface area contributed by atoms with Crippen LogP contribution in [0.15, 0.2) is 313 Å². The molecule has 3 aliphatic rings. The van der Waals surface area contributed by atoms with Crippen molar-refractivity contribution < 1.29 is 44.3 Å². The first-order valence-electron chi connectivity index (χ1n) is 27.3. The van der Waals surface area contributed by atoms with E-state index in [1.165, 1.54) is 66.1 Å². The van der Waals surface area contributed by atoms with E-state index >= 15 is 0 Å². The number of allylic oxidation sites excluding steroid dienone is 9. The van der Waals surface area contributed by atoms with Gasteiger partial charge in [-0.1, -0.05) is 98.6 Å². The minimum Gasteiger partial charge on any atom is -0.444 e. The number of hydrogen-bond acceptors (Lipinski definition) is 11. The molecule has 0 spiro atoms. The van der Waals surface area contributed by atoms with Gasteiger partial charge in [-0.05, 0) is 133 Å². The largest absolute Gasteiger partial charge is 0.573 e. The van der Waals surface area contributed by atoms with Gasteiger partial charge in [-0.15, -0.1) is 13.2 Å². The van der Waals surface area contributed by atoms with Crippen LogP contribution >= 0.6 is 0 Å². The zero-order chi connectivity index (χ0) is 64.0. The molecule has 90 heavy (non-hydrogen) atoms. The number of aromatic nitrogens is 3. The van der Waals surface area contributed by atoms with E-state index in [9.17, 15) is 40.0 Å². The van der Waals surface area contributed by atoms with Crippen molar-refractivity contribution in [3.8, 4) is 22.6 Å². The fourth-order valence-corrected chi connectivity index (χ4v) is 9.56. The van der Waals surface area contributed by atoms with E-state index in [-0.39, 0.29) is 33.7 Å². The van der Waals surface area contributed by atoms with E-state index in [1.807, 2.05) is 89.0 Å². The summed E-state index contributed by atoms with van der Waals surface area (Å²) in [7, 11) is -3.70. The van der Waals surface area contributed by atoms with Gasteiger partial charge >= 0.3 is 6.36 Å². The number of nitrogens with zero attached hydrogens (tertiary/aromatic N) is 6. The van der Waals surface area contributed by atoms with Crippen LogP contribution in [0.2, 0.25) is 0 Å². The highest BCUT2D eigenvalue weighted by Gasteiger charge is 2.31. The second-order valence-electron chi connectivity index (χ2n) is 19.6. The summed E-state index contributed by atoms with van der Waals surface area (Å²) in [5.41, 5.74) is 10.6. The van der Waals surface area contributed by atoms with Gasteiger partial charge in [0.1, 0.15) is 23.6 Å². The van der Waals surface area contributed by atoms with E-state index in [4.69, 9.17) is 9.56 Å². The minimum atomic E-state index is -4.74. The molecule has 0 unspecified atom stereocenters. The van der Waals surface area contributed by atoms with E-state index in [2.05, 4.69) is 39.8 Å². The zero-order valence-corrected chi connectivity index (χ0v) is 48.8. The molecule has 0 atom stereocenters. The van der Waals surface area contributed by atoms with Crippen LogP contribution in [0.5, 0.6) is 5.75 Å². The van der Waals surface area contributed by atoms with Gasteiger partial charge in [0.2, 0.25) is 21.8 Å². The third-order valence-electron chi connectivity index (χ3n) is 13.3. The number of primary sulfonamides is 1. The summed E-state index contributed by atoms with van der Waals surface area (Å²) < 4.78 is 97.9. The molecule has 3 aliphatic heterocycles. The predicted molar refractivity (Wildman–Crippen MR) is 342 cm³/mol. The van der Waals surface area contributed by atoms with Crippen molar-refractivity contribution in [3.63, 3.8) is 0 Å². The molecule has 14 nitrogen and oxygen atoms in total. The Hall–Kier alpha value is -11.5. The molecule has 0 bridgehead atoms. The van der Waals surface area contributed by atoms with Gasteiger partial charge in [-0.3, -0.25) is 19.1 Å². The number of nitrogens with one attached hydrogen (secondary N) is 1. The molecule has 1 amide bonds. The first kappa shape index (κ1) is 63.0. The monoisotopic (exact) mass is 1230 g/mol. The number of para-hydroxylation sites is 1. The van der Waals surface area contributed by atoms with Crippen LogP contribution in [0.4, 0.5) is 44.7 Å².